The van der Waals surface area contributed by atoms with E-state index >= 15 is 0 Å². The van der Waals surface area contributed by atoms with E-state index in [0.29, 0.717) is 11.1 Å². The van der Waals surface area contributed by atoms with Crippen molar-refractivity contribution in [3.05, 3.63) is 40.5 Å². The fourth-order valence-corrected chi connectivity index (χ4v) is 3.35. The Balaban J connectivity index is 0.00000320. The number of hydrogen-bond acceptors (Lipinski definition) is 6. The smallest absolute Gasteiger partial charge is 0.431 e. The van der Waals surface area contributed by atoms with Crippen molar-refractivity contribution < 1.29 is 51.8 Å². The molecule has 0 bridgehead atoms. The van der Waals surface area contributed by atoms with E-state index in [-0.39, 0.29) is 44.4 Å². The molecule has 159 valence electrons. The molecule has 1 radical (unpaired) electrons. The van der Waals surface area contributed by atoms with Crippen LogP contribution in [0.3, 0.4) is 0 Å². The third-order valence-electron chi connectivity index (χ3n) is 4.91. The molecule has 1 saturated carbocycles. The molecule has 9 nitrogen and oxygen atoms in total. The second-order valence-electron chi connectivity index (χ2n) is 7.29. The predicted molar refractivity (Wildman–Crippen MR) is 103 cm³/mol. The van der Waals surface area contributed by atoms with Crippen molar-refractivity contribution in [1.82, 2.24) is 19.8 Å². The predicted octanol–water partition coefficient (Wildman–Crippen LogP) is 2.78. The van der Waals surface area contributed by atoms with Gasteiger partial charge in [-0.3, -0.25) is 4.79 Å². The molecule has 1 aromatic carbocycles. The number of amides is 1. The van der Waals surface area contributed by atoms with Gasteiger partial charge in [0.2, 0.25) is 12.1 Å². The number of ether oxygens (including phenoxy) is 2. The number of nitrogens with zero attached hydrogens (tertiary/aromatic N) is 5. The maximum Gasteiger partial charge on any atom is 0.510 e. The molecule has 1 aliphatic carbocycles. The summed E-state index contributed by atoms with van der Waals surface area (Å²) in [6.07, 6.45) is 3.26. The van der Waals surface area contributed by atoms with Crippen molar-refractivity contribution >= 4 is 12.1 Å². The molecule has 1 unspecified atom stereocenters. The quantitative estimate of drug-likeness (QED) is 0.484. The van der Waals surface area contributed by atoms with Gasteiger partial charge in [-0.2, -0.15) is 39.0 Å². The first kappa shape index (κ1) is 24.4. The standard InChI is InChI=1S/C20H26N5O4.Y/c1-13-10-11-17(14(2)12-13)18(26)21-19-24(4)22-23-25(19)15(3)28-20(27)29-16-8-6-5-7-9-16;/h10-11,15-16H,5-9H2,1-4H3;/q-1;. The van der Waals surface area contributed by atoms with Crippen molar-refractivity contribution in [3.8, 4) is 0 Å². The average Bonchev–Trinajstić information content (AvgIpc) is 3.03. The van der Waals surface area contributed by atoms with Crippen LogP contribution in [0, 0.1) is 19.9 Å². The molecular weight excluding hydrogens is 463 g/mol. The summed E-state index contributed by atoms with van der Waals surface area (Å²) in [7, 11) is 1.61. The second kappa shape index (κ2) is 11.0. The third-order valence-corrected chi connectivity index (χ3v) is 4.91. The second-order valence-corrected chi connectivity index (χ2v) is 7.29. The molecule has 0 aliphatic heterocycles. The van der Waals surface area contributed by atoms with Gasteiger partial charge < -0.3 is 9.47 Å². The molecule has 1 heterocycles. The van der Waals surface area contributed by atoms with Crippen LogP contribution in [-0.2, 0) is 49.2 Å². The van der Waals surface area contributed by atoms with Gasteiger partial charge in [0.1, 0.15) is 6.10 Å². The zero-order chi connectivity index (χ0) is 21.0. The minimum atomic E-state index is -0.836. The van der Waals surface area contributed by atoms with Gasteiger partial charge in [-0.25, -0.2) is 9.48 Å². The molecule has 0 spiro atoms. The largest absolute Gasteiger partial charge is 0.510 e. The van der Waals surface area contributed by atoms with Crippen LogP contribution in [0.4, 0.5) is 4.79 Å². The van der Waals surface area contributed by atoms with E-state index in [1.807, 2.05) is 6.92 Å². The topological polar surface area (TPSA) is 101 Å². The number of aryl methyl sites for hydroxylation is 3. The van der Waals surface area contributed by atoms with Crippen molar-refractivity contribution in [2.45, 2.75) is 65.2 Å². The van der Waals surface area contributed by atoms with Crippen LogP contribution in [-0.4, -0.2) is 38.0 Å². The van der Waals surface area contributed by atoms with Crippen molar-refractivity contribution in [2.24, 2.45) is 12.0 Å². The van der Waals surface area contributed by atoms with Gasteiger partial charge in [0.05, 0.1) is 0 Å². The van der Waals surface area contributed by atoms with Crippen LogP contribution in [0.1, 0.15) is 66.7 Å². The third kappa shape index (κ3) is 6.07. The number of rotatable bonds is 4. The summed E-state index contributed by atoms with van der Waals surface area (Å²) in [5.41, 5.74) is 2.25. The summed E-state index contributed by atoms with van der Waals surface area (Å²) in [6.45, 7) is 5.33. The summed E-state index contributed by atoms with van der Waals surface area (Å²) < 4.78 is 13.3. The molecule has 0 N–H and O–H groups in total. The zero-order valence-electron chi connectivity index (χ0n) is 17.8. The van der Waals surface area contributed by atoms with Crippen LogP contribution >= 0.6 is 0 Å². The molecule has 1 aliphatic rings. The monoisotopic (exact) mass is 489 g/mol. The first-order valence-corrected chi connectivity index (χ1v) is 9.79. The normalized spacial score (nSPS) is 15.9. The van der Waals surface area contributed by atoms with E-state index in [4.69, 9.17) is 9.47 Å². The van der Waals surface area contributed by atoms with Crippen LogP contribution < -0.4 is 5.62 Å². The van der Waals surface area contributed by atoms with Crippen LogP contribution in [0.25, 0.3) is 0 Å². The molecule has 1 fully saturated rings. The van der Waals surface area contributed by atoms with E-state index < -0.39 is 18.3 Å². The maximum atomic E-state index is 12.7. The Morgan fingerprint density at radius 1 is 1.20 bits per heavy atom. The fourth-order valence-electron chi connectivity index (χ4n) is 3.35. The number of tetrazole rings is 1. The fraction of sp³-hybridized carbons (Fsp3) is 0.550. The van der Waals surface area contributed by atoms with Crippen molar-refractivity contribution in [1.29, 1.82) is 0 Å². The first-order valence-electron chi connectivity index (χ1n) is 9.79. The van der Waals surface area contributed by atoms with Gasteiger partial charge in [0, 0.05) is 39.8 Å². The van der Waals surface area contributed by atoms with Crippen LogP contribution in [0.15, 0.2) is 17.1 Å². The Kier molecular flexibility index (Phi) is 8.91. The molecule has 2 aromatic rings. The maximum absolute atomic E-state index is 12.7. The molecule has 1 atom stereocenters. The van der Waals surface area contributed by atoms with Crippen LogP contribution in [0.2, 0.25) is 0 Å². The number of carbonyl (C=O) groups is 2. The summed E-state index contributed by atoms with van der Waals surface area (Å²) in [5, 5.41) is 7.83. The molecule has 1 amide bonds. The van der Waals surface area contributed by atoms with E-state index in [2.05, 4.69) is 21.5 Å². The minimum absolute atomic E-state index is 0. The summed E-state index contributed by atoms with van der Waals surface area (Å²) in [6, 6.07) is 6.62. The van der Waals surface area contributed by atoms with Gasteiger partial charge >= 0.3 is 6.16 Å². The average molecular weight is 489 g/mol. The van der Waals surface area contributed by atoms with E-state index in [9.17, 15) is 9.59 Å². The summed E-state index contributed by atoms with van der Waals surface area (Å²) in [4.78, 5) is 28.9. The summed E-state index contributed by atoms with van der Waals surface area (Å²) in [5.74, 6) is -0.449. The van der Waals surface area contributed by atoms with Crippen molar-refractivity contribution in [3.63, 3.8) is 0 Å². The van der Waals surface area contributed by atoms with Crippen LogP contribution in [0.5, 0.6) is 0 Å². The molecule has 30 heavy (non-hydrogen) atoms. The van der Waals surface area contributed by atoms with E-state index in [0.717, 1.165) is 37.7 Å². The molecule has 0 saturated heterocycles. The number of hydrogen-bond donors (Lipinski definition) is 0. The van der Waals surface area contributed by atoms with Crippen molar-refractivity contribution in [2.75, 3.05) is 0 Å². The molecule has 1 aromatic heterocycles. The summed E-state index contributed by atoms with van der Waals surface area (Å²) >= 11 is 0. The Bertz CT molecular complexity index is 962. The number of benzene rings is 1. The Morgan fingerprint density at radius 3 is 2.57 bits per heavy atom. The van der Waals surface area contributed by atoms with Gasteiger partial charge in [-0.1, -0.05) is 25.8 Å². The Labute approximate surface area is 200 Å². The molecular formula is C20H26N5O4Y-. The number of carbonyl (C=O) groups excluding carboxylic acids is 2. The minimum Gasteiger partial charge on any atom is -0.431 e. The Morgan fingerprint density at radius 2 is 1.90 bits per heavy atom. The Hall–Kier alpha value is -1.87. The van der Waals surface area contributed by atoms with Gasteiger partial charge in [-0.05, 0) is 43.0 Å². The van der Waals surface area contributed by atoms with E-state index in [1.165, 1.54) is 9.36 Å². The SMILES string of the molecule is Cc1[c-]c(C)c(C(=O)N=c2n(C)nnn2C(C)OC(=O)OC2CCCCC2)cc1.[Y]. The van der Waals surface area contributed by atoms with Gasteiger partial charge in [0.15, 0.2) is 0 Å². The van der Waals surface area contributed by atoms with E-state index in [1.54, 1.807) is 33.0 Å². The number of aromatic nitrogens is 4. The first-order chi connectivity index (χ1) is 13.8. The zero-order valence-corrected chi connectivity index (χ0v) is 20.6. The molecule has 10 heteroatoms. The van der Waals surface area contributed by atoms with Gasteiger partial charge in [-0.15, -0.1) is 0 Å². The van der Waals surface area contributed by atoms with Gasteiger partial charge in [0.25, 0.3) is 5.62 Å². The molecule has 3 rings (SSSR count).